The standard InChI is InChI=1S/C18H24N6O4S2/c1-29(25,26)20-9-5-6-12-10-23(30(2,27)28)11-15-22-16-17(24(12)15)13-7-3-4-8-14(13)21-18(16)19/h3-4,7-8,12,20H,5-6,9-11H2,1-2H3,(H2,19,21)/t12-/m0/s1. The number of pyridine rings is 1. The normalized spacial score (nSPS) is 18.1. The SMILES string of the molecule is CS(=O)(=O)NCCC[C@H]1CN(S(C)(=O)=O)Cc2nc3c(N)nc4ccccc4c3n21. The van der Waals surface area contributed by atoms with Gasteiger partial charge in [-0.05, 0) is 18.9 Å². The minimum absolute atomic E-state index is 0.152. The largest absolute Gasteiger partial charge is 0.382 e. The number of aromatic nitrogens is 3. The van der Waals surface area contributed by atoms with Crippen molar-refractivity contribution in [1.29, 1.82) is 0 Å². The zero-order valence-corrected chi connectivity index (χ0v) is 18.4. The van der Waals surface area contributed by atoms with Gasteiger partial charge in [0.15, 0.2) is 5.82 Å². The highest BCUT2D eigenvalue weighted by molar-refractivity contribution is 7.88. The lowest BCUT2D eigenvalue weighted by Gasteiger charge is -2.33. The lowest BCUT2D eigenvalue weighted by molar-refractivity contribution is 0.272. The number of hydrogen-bond donors (Lipinski definition) is 2. The van der Waals surface area contributed by atoms with Crippen LogP contribution < -0.4 is 10.5 Å². The Kier molecular flexibility index (Phi) is 5.21. The van der Waals surface area contributed by atoms with Crippen LogP contribution >= 0.6 is 0 Å². The van der Waals surface area contributed by atoms with Crippen molar-refractivity contribution in [2.24, 2.45) is 0 Å². The monoisotopic (exact) mass is 452 g/mol. The van der Waals surface area contributed by atoms with Crippen LogP contribution in [0.25, 0.3) is 21.9 Å². The molecule has 3 heterocycles. The molecular formula is C18H24N6O4S2. The molecule has 162 valence electrons. The lowest BCUT2D eigenvalue weighted by Crippen LogP contribution is -2.40. The van der Waals surface area contributed by atoms with Gasteiger partial charge in [-0.1, -0.05) is 18.2 Å². The van der Waals surface area contributed by atoms with Crippen LogP contribution in [0.5, 0.6) is 0 Å². The van der Waals surface area contributed by atoms with Crippen molar-refractivity contribution in [3.8, 4) is 0 Å². The summed E-state index contributed by atoms with van der Waals surface area (Å²) in [4.78, 5) is 9.08. The predicted molar refractivity (Wildman–Crippen MR) is 116 cm³/mol. The summed E-state index contributed by atoms with van der Waals surface area (Å²) in [7, 11) is -6.70. The van der Waals surface area contributed by atoms with Crippen molar-refractivity contribution in [2.75, 3.05) is 31.3 Å². The molecule has 1 aliphatic rings. The molecule has 1 atom stereocenters. The fourth-order valence-corrected chi connectivity index (χ4v) is 5.29. The van der Waals surface area contributed by atoms with Crippen molar-refractivity contribution < 1.29 is 16.8 Å². The molecule has 0 bridgehead atoms. The second kappa shape index (κ2) is 7.45. The fraction of sp³-hybridized carbons (Fsp3) is 0.444. The van der Waals surface area contributed by atoms with Crippen LogP contribution in [0.4, 0.5) is 5.82 Å². The first-order valence-corrected chi connectivity index (χ1v) is 13.2. The van der Waals surface area contributed by atoms with E-state index < -0.39 is 20.0 Å². The quantitative estimate of drug-likeness (QED) is 0.527. The summed E-state index contributed by atoms with van der Waals surface area (Å²) in [6.07, 6.45) is 3.41. The zero-order chi connectivity index (χ0) is 21.7. The Morgan fingerprint density at radius 3 is 2.60 bits per heavy atom. The first-order chi connectivity index (χ1) is 14.0. The summed E-state index contributed by atoms with van der Waals surface area (Å²) < 4.78 is 53.1. The van der Waals surface area contributed by atoms with Crippen LogP contribution in [0.1, 0.15) is 24.7 Å². The van der Waals surface area contributed by atoms with Crippen molar-refractivity contribution in [2.45, 2.75) is 25.4 Å². The van der Waals surface area contributed by atoms with E-state index in [2.05, 4.69) is 19.3 Å². The van der Waals surface area contributed by atoms with Gasteiger partial charge >= 0.3 is 0 Å². The number of sulfonamides is 2. The van der Waals surface area contributed by atoms with Crippen LogP contribution in [0, 0.1) is 0 Å². The molecule has 2 aromatic heterocycles. The molecule has 12 heteroatoms. The van der Waals surface area contributed by atoms with E-state index in [1.54, 1.807) is 0 Å². The summed E-state index contributed by atoms with van der Waals surface area (Å²) in [5.41, 5.74) is 8.31. The Hall–Kier alpha value is -2.28. The number of imidazole rings is 1. The van der Waals surface area contributed by atoms with E-state index in [1.165, 1.54) is 10.6 Å². The van der Waals surface area contributed by atoms with Gasteiger partial charge in [0.1, 0.15) is 11.3 Å². The zero-order valence-electron chi connectivity index (χ0n) is 16.7. The van der Waals surface area contributed by atoms with Gasteiger partial charge in [-0.15, -0.1) is 0 Å². The molecule has 0 fully saturated rings. The number of benzene rings is 1. The van der Waals surface area contributed by atoms with Crippen LogP contribution in [-0.4, -0.2) is 61.3 Å². The van der Waals surface area contributed by atoms with E-state index in [4.69, 9.17) is 5.73 Å². The number of anilines is 1. The minimum atomic E-state index is -3.42. The van der Waals surface area contributed by atoms with Gasteiger partial charge in [-0.2, -0.15) is 4.31 Å². The van der Waals surface area contributed by atoms with Crippen molar-refractivity contribution in [3.05, 3.63) is 30.1 Å². The molecule has 1 aliphatic heterocycles. The molecule has 0 spiro atoms. The van der Waals surface area contributed by atoms with Gasteiger partial charge in [0.25, 0.3) is 0 Å². The predicted octanol–water partition coefficient (Wildman–Crippen LogP) is 0.812. The van der Waals surface area contributed by atoms with Crippen molar-refractivity contribution >= 4 is 47.8 Å². The smallest absolute Gasteiger partial charge is 0.211 e. The van der Waals surface area contributed by atoms with E-state index in [0.717, 1.165) is 22.7 Å². The number of nitrogens with two attached hydrogens (primary N) is 1. The number of fused-ring (bicyclic) bond motifs is 5. The van der Waals surface area contributed by atoms with Crippen LogP contribution in [0.15, 0.2) is 24.3 Å². The van der Waals surface area contributed by atoms with E-state index in [0.29, 0.717) is 30.0 Å². The summed E-state index contributed by atoms with van der Waals surface area (Å²) in [5, 5.41) is 0.896. The first kappa shape index (κ1) is 21.0. The summed E-state index contributed by atoms with van der Waals surface area (Å²) in [5.74, 6) is 0.904. The highest BCUT2D eigenvalue weighted by atomic mass is 32.2. The average molecular weight is 453 g/mol. The van der Waals surface area contributed by atoms with Gasteiger partial charge < -0.3 is 10.3 Å². The van der Waals surface area contributed by atoms with Gasteiger partial charge in [-0.3, -0.25) is 0 Å². The third kappa shape index (κ3) is 4.00. The fourth-order valence-electron chi connectivity index (χ4n) is 3.98. The number of nitrogen functional groups attached to an aromatic ring is 1. The molecule has 10 nitrogen and oxygen atoms in total. The van der Waals surface area contributed by atoms with Crippen molar-refractivity contribution in [3.63, 3.8) is 0 Å². The topological polar surface area (TPSA) is 140 Å². The first-order valence-electron chi connectivity index (χ1n) is 9.49. The molecular weight excluding hydrogens is 428 g/mol. The van der Waals surface area contributed by atoms with Gasteiger partial charge in [-0.25, -0.2) is 31.5 Å². The molecule has 30 heavy (non-hydrogen) atoms. The number of nitrogens with one attached hydrogen (secondary N) is 1. The molecule has 0 amide bonds. The van der Waals surface area contributed by atoms with Gasteiger partial charge in [0, 0.05) is 24.5 Å². The van der Waals surface area contributed by atoms with E-state index in [9.17, 15) is 16.8 Å². The van der Waals surface area contributed by atoms with Crippen molar-refractivity contribution in [1.82, 2.24) is 23.6 Å². The Morgan fingerprint density at radius 2 is 1.90 bits per heavy atom. The lowest BCUT2D eigenvalue weighted by atomic mass is 10.1. The summed E-state index contributed by atoms with van der Waals surface area (Å²) in [6, 6.07) is 7.41. The highest BCUT2D eigenvalue weighted by Gasteiger charge is 2.33. The Balaban J connectivity index is 1.81. The summed E-state index contributed by atoms with van der Waals surface area (Å²) in [6.45, 7) is 0.715. The Morgan fingerprint density at radius 1 is 1.17 bits per heavy atom. The number of hydrogen-bond acceptors (Lipinski definition) is 7. The Bertz CT molecular complexity index is 1330. The highest BCUT2D eigenvalue weighted by Crippen LogP contribution is 2.35. The minimum Gasteiger partial charge on any atom is -0.382 e. The van der Waals surface area contributed by atoms with E-state index in [-0.39, 0.29) is 25.7 Å². The number of para-hydroxylation sites is 1. The maximum Gasteiger partial charge on any atom is 0.211 e. The molecule has 0 saturated carbocycles. The molecule has 3 aromatic rings. The average Bonchev–Trinajstić information content (AvgIpc) is 3.04. The summed E-state index contributed by atoms with van der Waals surface area (Å²) >= 11 is 0. The molecule has 0 aliphatic carbocycles. The molecule has 0 radical (unpaired) electrons. The third-order valence-corrected chi connectivity index (χ3v) is 7.22. The maximum atomic E-state index is 12.3. The third-order valence-electron chi connectivity index (χ3n) is 5.27. The molecule has 4 rings (SSSR count). The van der Waals surface area contributed by atoms with Crippen LogP contribution in [0.3, 0.4) is 0 Å². The molecule has 1 aromatic carbocycles. The maximum absolute atomic E-state index is 12.3. The van der Waals surface area contributed by atoms with E-state index >= 15 is 0 Å². The molecule has 3 N–H and O–H groups in total. The van der Waals surface area contributed by atoms with E-state index in [1.807, 2.05) is 24.3 Å². The molecule has 0 saturated heterocycles. The molecule has 0 unspecified atom stereocenters. The van der Waals surface area contributed by atoms with Crippen LogP contribution in [0.2, 0.25) is 0 Å². The van der Waals surface area contributed by atoms with Crippen LogP contribution in [-0.2, 0) is 26.6 Å². The second-order valence-electron chi connectivity index (χ2n) is 7.63. The number of nitrogens with zero attached hydrogens (tertiary/aromatic N) is 4. The second-order valence-corrected chi connectivity index (χ2v) is 11.4. The number of rotatable bonds is 6. The Labute approximate surface area is 175 Å². The van der Waals surface area contributed by atoms with Gasteiger partial charge in [0.05, 0.1) is 30.1 Å². The van der Waals surface area contributed by atoms with Gasteiger partial charge in [0.2, 0.25) is 20.0 Å².